The molecule has 1 atom stereocenters. The quantitative estimate of drug-likeness (QED) is 0.615. The number of nitrogens with zero attached hydrogens (tertiary/aromatic N) is 1. The van der Waals surface area contributed by atoms with E-state index in [1.165, 1.54) is 32.4 Å². The lowest BCUT2D eigenvalue weighted by molar-refractivity contribution is -0.190. The molecule has 0 aromatic heterocycles. The van der Waals surface area contributed by atoms with Crippen molar-refractivity contribution >= 4 is 17.6 Å². The van der Waals surface area contributed by atoms with Gasteiger partial charge in [-0.1, -0.05) is 44.2 Å². The Kier molecular flexibility index (Phi) is 6.56. The van der Waals surface area contributed by atoms with Crippen LogP contribution in [0.15, 0.2) is 59.8 Å². The van der Waals surface area contributed by atoms with Crippen molar-refractivity contribution in [2.45, 2.75) is 44.9 Å². The lowest BCUT2D eigenvalue weighted by atomic mass is 9.72. The molecule has 1 heterocycles. The summed E-state index contributed by atoms with van der Waals surface area (Å²) < 4.78 is 55.2. The van der Waals surface area contributed by atoms with Crippen LogP contribution >= 0.6 is 0 Å². The number of ketones is 1. The number of carbonyl (C=O) groups excluding carboxylic acids is 3. The second-order valence-corrected chi connectivity index (χ2v) is 9.91. The highest BCUT2D eigenvalue weighted by molar-refractivity contribution is 6.14. The summed E-state index contributed by atoms with van der Waals surface area (Å²) in [6, 6.07) is 12.3. The molecule has 2 aromatic carbocycles. The zero-order valence-electron chi connectivity index (χ0n) is 20.9. The van der Waals surface area contributed by atoms with Gasteiger partial charge in [0.1, 0.15) is 0 Å². The van der Waals surface area contributed by atoms with Gasteiger partial charge in [-0.05, 0) is 35.6 Å². The lowest BCUT2D eigenvalue weighted by Gasteiger charge is -2.35. The lowest BCUT2D eigenvalue weighted by Crippen LogP contribution is -2.66. The molecule has 1 aliphatic carbocycles. The van der Waals surface area contributed by atoms with Crippen molar-refractivity contribution in [3.63, 3.8) is 0 Å². The Balaban J connectivity index is 1.85. The molecule has 2 aromatic rings. The number of allylic oxidation sites excluding steroid dienone is 1. The van der Waals surface area contributed by atoms with Gasteiger partial charge in [-0.15, -0.1) is 0 Å². The standard InChI is InChI=1S/C27H27F3N2O5/c1-25(2)13-18-22(19(33)14-25)26(27(28,29)30,24(35)32(18)15-16-8-6-5-7-9-16)31-23(34)17-10-11-20(36-3)21(12-17)37-4/h5-12H,13-15H2,1-4H3,(H,31,34)/t26-/m1/s1. The zero-order chi connectivity index (χ0) is 27.2. The van der Waals surface area contributed by atoms with Gasteiger partial charge in [0.2, 0.25) is 5.54 Å². The molecular formula is C27H27F3N2O5. The molecule has 1 aliphatic heterocycles. The normalized spacial score (nSPS) is 21.1. The molecule has 37 heavy (non-hydrogen) atoms. The maximum absolute atomic E-state index is 15.0. The van der Waals surface area contributed by atoms with Crippen molar-refractivity contribution in [3.05, 3.63) is 70.9 Å². The Morgan fingerprint density at radius 1 is 1.00 bits per heavy atom. The van der Waals surface area contributed by atoms with Crippen LogP contribution in [0.4, 0.5) is 13.2 Å². The van der Waals surface area contributed by atoms with Crippen LogP contribution < -0.4 is 14.8 Å². The molecule has 0 fully saturated rings. The number of benzene rings is 2. The van der Waals surface area contributed by atoms with E-state index < -0.39 is 40.3 Å². The number of ether oxygens (including phenoxy) is 2. The Bertz CT molecular complexity index is 1290. The number of carbonyl (C=O) groups is 3. The van der Waals surface area contributed by atoms with Crippen molar-refractivity contribution in [1.82, 2.24) is 10.2 Å². The summed E-state index contributed by atoms with van der Waals surface area (Å²) in [4.78, 5) is 41.2. The smallest absolute Gasteiger partial charge is 0.425 e. The number of hydrogen-bond acceptors (Lipinski definition) is 5. The Labute approximate surface area is 212 Å². The van der Waals surface area contributed by atoms with Gasteiger partial charge in [0.25, 0.3) is 11.8 Å². The van der Waals surface area contributed by atoms with E-state index in [1.807, 2.05) is 5.32 Å². The largest absolute Gasteiger partial charge is 0.493 e. The third-order valence-corrected chi connectivity index (χ3v) is 6.67. The first-order valence-corrected chi connectivity index (χ1v) is 11.6. The SMILES string of the molecule is COc1ccc(C(=O)N[C@@]2(C(F)(F)F)C(=O)N(Cc3ccccc3)C3=C2C(=O)CC(C)(C)C3)cc1OC. The number of methoxy groups -OCH3 is 2. The first-order valence-electron chi connectivity index (χ1n) is 11.6. The second-order valence-electron chi connectivity index (χ2n) is 9.91. The first kappa shape index (κ1) is 26.2. The minimum absolute atomic E-state index is 0.0139. The molecular weight excluding hydrogens is 489 g/mol. The summed E-state index contributed by atoms with van der Waals surface area (Å²) in [5.74, 6) is -3.02. The first-order chi connectivity index (χ1) is 17.3. The topological polar surface area (TPSA) is 84.9 Å². The van der Waals surface area contributed by atoms with Crippen LogP contribution in [0.25, 0.3) is 0 Å². The van der Waals surface area contributed by atoms with Gasteiger partial charge in [-0.25, -0.2) is 0 Å². The maximum atomic E-state index is 15.0. The molecule has 1 N–H and O–H groups in total. The predicted molar refractivity (Wildman–Crippen MR) is 128 cm³/mol. The van der Waals surface area contributed by atoms with Gasteiger partial charge in [0.05, 0.1) is 26.3 Å². The van der Waals surface area contributed by atoms with Crippen LogP contribution in [0.3, 0.4) is 0 Å². The van der Waals surface area contributed by atoms with E-state index in [2.05, 4.69) is 0 Å². The third kappa shape index (κ3) is 4.45. The van der Waals surface area contributed by atoms with Gasteiger partial charge in [-0.2, -0.15) is 13.2 Å². The molecule has 0 radical (unpaired) electrons. The van der Waals surface area contributed by atoms with E-state index in [9.17, 15) is 27.6 Å². The van der Waals surface area contributed by atoms with Crippen LogP contribution in [-0.4, -0.2) is 48.4 Å². The fourth-order valence-corrected chi connectivity index (χ4v) is 4.98. The van der Waals surface area contributed by atoms with Crippen LogP contribution in [-0.2, 0) is 16.1 Å². The molecule has 2 aliphatic rings. The van der Waals surface area contributed by atoms with Crippen molar-refractivity contribution in [2.24, 2.45) is 5.41 Å². The van der Waals surface area contributed by atoms with Crippen LogP contribution in [0.1, 0.15) is 42.6 Å². The van der Waals surface area contributed by atoms with Gasteiger partial charge in [0, 0.05) is 17.7 Å². The highest BCUT2D eigenvalue weighted by atomic mass is 19.4. The number of halogens is 3. The predicted octanol–water partition coefficient (Wildman–Crippen LogP) is 4.42. The Morgan fingerprint density at radius 3 is 2.24 bits per heavy atom. The van der Waals surface area contributed by atoms with Crippen molar-refractivity contribution in [1.29, 1.82) is 0 Å². The Morgan fingerprint density at radius 2 is 1.65 bits per heavy atom. The molecule has 10 heteroatoms. The van der Waals surface area contributed by atoms with Crippen LogP contribution in [0, 0.1) is 5.41 Å². The van der Waals surface area contributed by atoms with E-state index in [4.69, 9.17) is 9.47 Å². The number of Topliss-reactive ketones (excluding diaryl/α,β-unsaturated/α-hetero) is 1. The number of alkyl halides is 3. The summed E-state index contributed by atoms with van der Waals surface area (Å²) in [7, 11) is 2.69. The molecule has 0 unspecified atom stereocenters. The maximum Gasteiger partial charge on any atom is 0.425 e. The summed E-state index contributed by atoms with van der Waals surface area (Å²) in [6.07, 6.45) is -5.42. The van der Waals surface area contributed by atoms with E-state index >= 15 is 0 Å². The zero-order valence-corrected chi connectivity index (χ0v) is 20.9. The van der Waals surface area contributed by atoms with E-state index in [1.54, 1.807) is 44.2 Å². The molecule has 2 amide bonds. The average Bonchev–Trinajstić information content (AvgIpc) is 3.06. The molecule has 0 saturated carbocycles. The number of nitrogens with one attached hydrogen (secondary N) is 1. The van der Waals surface area contributed by atoms with Crippen LogP contribution in [0.5, 0.6) is 11.5 Å². The summed E-state index contributed by atoms with van der Waals surface area (Å²) in [5.41, 5.74) is -4.52. The van der Waals surface area contributed by atoms with E-state index in [0.717, 1.165) is 4.90 Å². The summed E-state index contributed by atoms with van der Waals surface area (Å²) in [5, 5.41) is 1.93. The average molecular weight is 517 g/mol. The molecule has 0 saturated heterocycles. The van der Waals surface area contributed by atoms with Crippen molar-refractivity contribution < 1.29 is 37.0 Å². The molecule has 0 spiro atoms. The van der Waals surface area contributed by atoms with Gasteiger partial charge >= 0.3 is 6.18 Å². The molecule has 4 rings (SSSR count). The van der Waals surface area contributed by atoms with Gasteiger partial charge in [0.15, 0.2) is 17.3 Å². The van der Waals surface area contributed by atoms with E-state index in [-0.39, 0.29) is 42.1 Å². The third-order valence-electron chi connectivity index (χ3n) is 6.67. The number of hydrogen-bond donors (Lipinski definition) is 1. The fourth-order valence-electron chi connectivity index (χ4n) is 4.98. The Hall–Kier alpha value is -3.82. The number of rotatable bonds is 6. The van der Waals surface area contributed by atoms with Gasteiger partial charge < -0.3 is 19.7 Å². The molecule has 196 valence electrons. The minimum Gasteiger partial charge on any atom is -0.493 e. The molecule has 7 nitrogen and oxygen atoms in total. The number of amides is 2. The van der Waals surface area contributed by atoms with E-state index in [0.29, 0.717) is 5.56 Å². The van der Waals surface area contributed by atoms with Crippen molar-refractivity contribution in [3.8, 4) is 11.5 Å². The summed E-state index contributed by atoms with van der Waals surface area (Å²) >= 11 is 0. The highest BCUT2D eigenvalue weighted by Crippen LogP contribution is 2.52. The second kappa shape index (κ2) is 9.24. The highest BCUT2D eigenvalue weighted by Gasteiger charge is 2.71. The minimum atomic E-state index is -5.29. The molecule has 0 bridgehead atoms. The monoisotopic (exact) mass is 516 g/mol. The van der Waals surface area contributed by atoms with Crippen LogP contribution in [0.2, 0.25) is 0 Å². The summed E-state index contributed by atoms with van der Waals surface area (Å²) in [6.45, 7) is 3.34. The van der Waals surface area contributed by atoms with Crippen molar-refractivity contribution in [2.75, 3.05) is 14.2 Å². The van der Waals surface area contributed by atoms with Gasteiger partial charge in [-0.3, -0.25) is 14.4 Å². The fraction of sp³-hybridized carbons (Fsp3) is 0.370.